The molecule has 0 spiro atoms. The highest BCUT2D eigenvalue weighted by atomic mass is 32.2. The monoisotopic (exact) mass is 343 g/mol. The van der Waals surface area contributed by atoms with Crippen molar-refractivity contribution < 1.29 is 32.6 Å². The zero-order valence-corrected chi connectivity index (χ0v) is 13.5. The predicted octanol–water partition coefficient (Wildman–Crippen LogP) is 0.719. The van der Waals surface area contributed by atoms with Crippen molar-refractivity contribution in [3.05, 3.63) is 23.8 Å². The molecule has 0 aromatic heterocycles. The summed E-state index contributed by atoms with van der Waals surface area (Å²) in [6, 6.07) is 2.73. The van der Waals surface area contributed by atoms with Gasteiger partial charge in [-0.3, -0.25) is 4.79 Å². The first-order chi connectivity index (χ1) is 10.8. The topological polar surface area (TPSA) is 110 Å². The minimum absolute atomic E-state index is 0.0358. The molecule has 0 radical (unpaired) electrons. The summed E-state index contributed by atoms with van der Waals surface area (Å²) in [4.78, 5) is 22.6. The first kappa shape index (κ1) is 17.2. The van der Waals surface area contributed by atoms with Crippen LogP contribution in [0, 0.1) is 0 Å². The number of esters is 1. The van der Waals surface area contributed by atoms with Crippen LogP contribution >= 0.6 is 0 Å². The van der Waals surface area contributed by atoms with E-state index in [1.165, 1.54) is 26.4 Å². The van der Waals surface area contributed by atoms with Gasteiger partial charge < -0.3 is 14.6 Å². The Bertz CT molecular complexity index is 729. The number of hydrogen-bond donors (Lipinski definition) is 1. The van der Waals surface area contributed by atoms with Gasteiger partial charge in [-0.2, -0.15) is 4.31 Å². The molecule has 1 atom stereocenters. The van der Waals surface area contributed by atoms with Gasteiger partial charge in [0.1, 0.15) is 16.7 Å². The summed E-state index contributed by atoms with van der Waals surface area (Å²) >= 11 is 0. The summed E-state index contributed by atoms with van der Waals surface area (Å²) in [7, 11) is -1.64. The molecule has 1 N–H and O–H groups in total. The van der Waals surface area contributed by atoms with Crippen molar-refractivity contribution in [2.24, 2.45) is 0 Å². The van der Waals surface area contributed by atoms with E-state index in [1.54, 1.807) is 0 Å². The fraction of sp³-hybridized carbons (Fsp3) is 0.429. The number of rotatable bonds is 5. The Morgan fingerprint density at radius 3 is 2.57 bits per heavy atom. The number of aliphatic carboxylic acids is 1. The third kappa shape index (κ3) is 3.15. The van der Waals surface area contributed by atoms with Crippen LogP contribution in [0.5, 0.6) is 5.75 Å². The van der Waals surface area contributed by atoms with Gasteiger partial charge in [0, 0.05) is 6.54 Å². The SMILES string of the molecule is COC(=O)c1ccc(OC)c(S(=O)(=O)N2CCC[C@H]2C(=O)O)c1. The van der Waals surface area contributed by atoms with E-state index in [1.807, 2.05) is 0 Å². The van der Waals surface area contributed by atoms with Crippen LogP contribution in [-0.4, -0.2) is 56.6 Å². The van der Waals surface area contributed by atoms with E-state index in [0.29, 0.717) is 6.42 Å². The van der Waals surface area contributed by atoms with Crippen LogP contribution in [0.1, 0.15) is 23.2 Å². The van der Waals surface area contributed by atoms with Crippen molar-refractivity contribution in [1.82, 2.24) is 4.31 Å². The Morgan fingerprint density at radius 1 is 1.30 bits per heavy atom. The lowest BCUT2D eigenvalue weighted by molar-refractivity contribution is -0.140. The largest absolute Gasteiger partial charge is 0.495 e. The van der Waals surface area contributed by atoms with E-state index in [2.05, 4.69) is 4.74 Å². The zero-order valence-electron chi connectivity index (χ0n) is 12.7. The van der Waals surface area contributed by atoms with Crippen LogP contribution in [0.4, 0.5) is 0 Å². The lowest BCUT2D eigenvalue weighted by atomic mass is 10.2. The second kappa shape index (κ2) is 6.55. The number of carboxylic acid groups (broad SMARTS) is 1. The average Bonchev–Trinajstić information content (AvgIpc) is 3.04. The number of carbonyl (C=O) groups is 2. The van der Waals surface area contributed by atoms with Crippen molar-refractivity contribution >= 4 is 22.0 Å². The van der Waals surface area contributed by atoms with Gasteiger partial charge in [-0.25, -0.2) is 13.2 Å². The molecule has 1 aromatic rings. The quantitative estimate of drug-likeness (QED) is 0.784. The normalized spacial score (nSPS) is 18.6. The molecular weight excluding hydrogens is 326 g/mol. The molecule has 0 aliphatic carbocycles. The van der Waals surface area contributed by atoms with Crippen LogP contribution in [0.15, 0.2) is 23.1 Å². The van der Waals surface area contributed by atoms with Gasteiger partial charge in [0.05, 0.1) is 19.8 Å². The van der Waals surface area contributed by atoms with Crippen molar-refractivity contribution in [3.63, 3.8) is 0 Å². The van der Waals surface area contributed by atoms with Crippen molar-refractivity contribution in [3.8, 4) is 5.75 Å². The number of ether oxygens (including phenoxy) is 2. The van der Waals surface area contributed by atoms with Crippen molar-refractivity contribution in [2.45, 2.75) is 23.8 Å². The summed E-state index contributed by atoms with van der Waals surface area (Å²) in [6.07, 6.45) is 0.697. The van der Waals surface area contributed by atoms with Gasteiger partial charge in [-0.1, -0.05) is 0 Å². The smallest absolute Gasteiger partial charge is 0.337 e. The molecule has 23 heavy (non-hydrogen) atoms. The van der Waals surface area contributed by atoms with Gasteiger partial charge in [0.2, 0.25) is 10.0 Å². The minimum atomic E-state index is -4.12. The van der Waals surface area contributed by atoms with E-state index in [9.17, 15) is 23.1 Å². The zero-order chi connectivity index (χ0) is 17.2. The molecule has 0 bridgehead atoms. The molecule has 1 saturated heterocycles. The number of benzene rings is 1. The van der Waals surface area contributed by atoms with Crippen LogP contribution in [-0.2, 0) is 19.6 Å². The molecule has 1 aliphatic heterocycles. The number of sulfonamides is 1. The fourth-order valence-corrected chi connectivity index (χ4v) is 4.36. The van der Waals surface area contributed by atoms with Crippen LogP contribution in [0.3, 0.4) is 0 Å². The molecule has 1 aliphatic rings. The maximum atomic E-state index is 12.8. The molecule has 0 unspecified atom stereocenters. The Hall–Kier alpha value is -2.13. The molecule has 1 aromatic carbocycles. The van der Waals surface area contributed by atoms with Crippen LogP contribution in [0.25, 0.3) is 0 Å². The number of hydrogen-bond acceptors (Lipinski definition) is 6. The molecular formula is C14H17NO7S. The molecule has 2 rings (SSSR count). The van der Waals surface area contributed by atoms with E-state index < -0.39 is 28.0 Å². The summed E-state index contributed by atoms with van der Waals surface area (Å²) in [5, 5.41) is 9.19. The van der Waals surface area contributed by atoms with Gasteiger partial charge in [-0.05, 0) is 31.0 Å². The van der Waals surface area contributed by atoms with Gasteiger partial charge in [0.25, 0.3) is 0 Å². The third-order valence-corrected chi connectivity index (χ3v) is 5.59. The predicted molar refractivity (Wildman–Crippen MR) is 78.9 cm³/mol. The second-order valence-corrected chi connectivity index (χ2v) is 6.83. The number of carboxylic acids is 1. The molecule has 126 valence electrons. The first-order valence-electron chi connectivity index (χ1n) is 6.84. The van der Waals surface area contributed by atoms with Crippen molar-refractivity contribution in [1.29, 1.82) is 0 Å². The molecule has 9 heteroatoms. The number of methoxy groups -OCH3 is 2. The highest BCUT2D eigenvalue weighted by Gasteiger charge is 2.40. The van der Waals surface area contributed by atoms with E-state index in [-0.39, 0.29) is 29.2 Å². The second-order valence-electron chi connectivity index (χ2n) is 4.97. The van der Waals surface area contributed by atoms with Crippen LogP contribution < -0.4 is 4.74 Å². The number of nitrogens with zero attached hydrogens (tertiary/aromatic N) is 1. The highest BCUT2D eigenvalue weighted by Crippen LogP contribution is 2.32. The Morgan fingerprint density at radius 2 is 2.00 bits per heavy atom. The Kier molecular flexibility index (Phi) is 4.90. The highest BCUT2D eigenvalue weighted by molar-refractivity contribution is 7.89. The Labute approximate surface area is 133 Å². The maximum Gasteiger partial charge on any atom is 0.337 e. The lowest BCUT2D eigenvalue weighted by Crippen LogP contribution is -2.40. The van der Waals surface area contributed by atoms with Crippen LogP contribution in [0.2, 0.25) is 0 Å². The Balaban J connectivity index is 2.54. The van der Waals surface area contributed by atoms with E-state index in [4.69, 9.17) is 4.74 Å². The van der Waals surface area contributed by atoms with E-state index in [0.717, 1.165) is 10.4 Å². The van der Waals surface area contributed by atoms with E-state index >= 15 is 0 Å². The molecule has 0 amide bonds. The summed E-state index contributed by atoms with van der Waals surface area (Å²) in [6.45, 7) is 0.102. The fourth-order valence-electron chi connectivity index (χ4n) is 2.52. The molecule has 8 nitrogen and oxygen atoms in total. The minimum Gasteiger partial charge on any atom is -0.495 e. The van der Waals surface area contributed by atoms with Gasteiger partial charge >= 0.3 is 11.9 Å². The summed E-state index contributed by atoms with van der Waals surface area (Å²) in [5.74, 6) is -1.86. The van der Waals surface area contributed by atoms with Gasteiger partial charge in [0.15, 0.2) is 0 Å². The molecule has 1 fully saturated rings. The maximum absolute atomic E-state index is 12.8. The molecule has 1 heterocycles. The van der Waals surface area contributed by atoms with Gasteiger partial charge in [-0.15, -0.1) is 0 Å². The third-order valence-electron chi connectivity index (χ3n) is 3.66. The standard InChI is InChI=1S/C14H17NO7S/c1-21-11-6-5-9(14(18)22-2)8-12(11)23(19,20)15-7-3-4-10(15)13(16)17/h5-6,8,10H,3-4,7H2,1-2H3,(H,16,17)/t10-/m0/s1. The molecule has 0 saturated carbocycles. The first-order valence-corrected chi connectivity index (χ1v) is 8.28. The summed E-state index contributed by atoms with van der Waals surface area (Å²) in [5.41, 5.74) is 0.0398. The average molecular weight is 343 g/mol. The van der Waals surface area contributed by atoms with Crippen molar-refractivity contribution in [2.75, 3.05) is 20.8 Å². The summed E-state index contributed by atoms with van der Waals surface area (Å²) < 4.78 is 36.2. The lowest BCUT2D eigenvalue weighted by Gasteiger charge is -2.22. The number of carbonyl (C=O) groups excluding carboxylic acids is 1.